The van der Waals surface area contributed by atoms with Gasteiger partial charge in [-0.1, -0.05) is 65.3 Å². The van der Waals surface area contributed by atoms with Gasteiger partial charge in [0.15, 0.2) is 0 Å². The second-order valence-corrected chi connectivity index (χ2v) is 12.4. The van der Waals surface area contributed by atoms with Crippen molar-refractivity contribution in [3.8, 4) is 0 Å². The Hall–Kier alpha value is -1.71. The van der Waals surface area contributed by atoms with Gasteiger partial charge in [0, 0.05) is 27.7 Å². The highest BCUT2D eigenvalue weighted by Gasteiger charge is 2.32. The highest BCUT2D eigenvalue weighted by molar-refractivity contribution is 7.92. The molecule has 1 N–H and O–H groups in total. The van der Waals surface area contributed by atoms with Crippen LogP contribution in [0.5, 0.6) is 0 Å². The van der Waals surface area contributed by atoms with E-state index in [0.29, 0.717) is 20.6 Å². The number of hydrogen-bond donors (Lipinski definition) is 1. The van der Waals surface area contributed by atoms with Crippen molar-refractivity contribution in [1.29, 1.82) is 0 Å². The van der Waals surface area contributed by atoms with Crippen molar-refractivity contribution in [1.82, 2.24) is 10.2 Å². The molecule has 0 unspecified atom stereocenters. The monoisotopic (exact) mass is 593 g/mol. The van der Waals surface area contributed by atoms with Crippen LogP contribution in [0.3, 0.4) is 0 Å². The zero-order valence-electron chi connectivity index (χ0n) is 19.8. The van der Waals surface area contributed by atoms with E-state index in [1.54, 1.807) is 25.1 Å². The van der Waals surface area contributed by atoms with Crippen LogP contribution >= 0.6 is 46.4 Å². The highest BCUT2D eigenvalue weighted by Crippen LogP contribution is 2.31. The van der Waals surface area contributed by atoms with Gasteiger partial charge in [-0.2, -0.15) is 0 Å². The predicted molar refractivity (Wildman–Crippen MR) is 146 cm³/mol. The van der Waals surface area contributed by atoms with Gasteiger partial charge in [0.1, 0.15) is 12.6 Å². The van der Waals surface area contributed by atoms with E-state index < -0.39 is 28.5 Å². The molecule has 1 saturated carbocycles. The second kappa shape index (κ2) is 12.2. The molecule has 2 aromatic carbocycles. The molecule has 0 bridgehead atoms. The van der Waals surface area contributed by atoms with Crippen LogP contribution in [0.4, 0.5) is 5.69 Å². The Kier molecular flexibility index (Phi) is 9.80. The van der Waals surface area contributed by atoms with Gasteiger partial charge in [0.25, 0.3) is 0 Å². The number of nitrogens with one attached hydrogen (secondary N) is 1. The first-order valence-corrected chi connectivity index (χ1v) is 14.7. The third kappa shape index (κ3) is 7.42. The first kappa shape index (κ1) is 28.9. The lowest BCUT2D eigenvalue weighted by atomic mass is 10.1. The Morgan fingerprint density at radius 3 is 2.14 bits per heavy atom. The molecule has 3 rings (SSSR count). The van der Waals surface area contributed by atoms with Gasteiger partial charge in [-0.25, -0.2) is 8.42 Å². The molecule has 2 amide bonds. The number of rotatable bonds is 9. The molecule has 2 aromatic rings. The molecule has 0 heterocycles. The fourth-order valence-electron chi connectivity index (χ4n) is 4.09. The number of amides is 2. The molecule has 0 saturated heterocycles. The molecule has 1 fully saturated rings. The lowest BCUT2D eigenvalue weighted by Crippen LogP contribution is -2.52. The van der Waals surface area contributed by atoms with E-state index >= 15 is 0 Å². The highest BCUT2D eigenvalue weighted by atomic mass is 35.5. The molecule has 12 heteroatoms. The maximum absolute atomic E-state index is 13.6. The lowest BCUT2D eigenvalue weighted by molar-refractivity contribution is -0.139. The second-order valence-electron chi connectivity index (χ2n) is 8.79. The predicted octanol–water partition coefficient (Wildman–Crippen LogP) is 5.54. The minimum Gasteiger partial charge on any atom is -0.352 e. The van der Waals surface area contributed by atoms with Crippen LogP contribution in [0.15, 0.2) is 36.4 Å². The first-order chi connectivity index (χ1) is 16.9. The van der Waals surface area contributed by atoms with Crippen molar-refractivity contribution in [3.05, 3.63) is 62.1 Å². The summed E-state index contributed by atoms with van der Waals surface area (Å²) in [6, 6.07) is 8.29. The molecular weight excluding hydrogens is 568 g/mol. The summed E-state index contributed by atoms with van der Waals surface area (Å²) in [5, 5.41) is 4.14. The van der Waals surface area contributed by atoms with Crippen molar-refractivity contribution in [2.45, 2.75) is 51.2 Å². The summed E-state index contributed by atoms with van der Waals surface area (Å²) in [6.45, 7) is 0.999. The average molecular weight is 595 g/mol. The van der Waals surface area contributed by atoms with E-state index in [2.05, 4.69) is 5.32 Å². The van der Waals surface area contributed by atoms with E-state index in [0.717, 1.165) is 36.2 Å². The first-order valence-electron chi connectivity index (χ1n) is 11.3. The molecule has 1 aliphatic carbocycles. The third-order valence-electron chi connectivity index (χ3n) is 6.08. The number of sulfonamides is 1. The van der Waals surface area contributed by atoms with Gasteiger partial charge in [-0.15, -0.1) is 0 Å². The maximum atomic E-state index is 13.6. The number of carbonyl (C=O) groups is 2. The van der Waals surface area contributed by atoms with E-state index in [4.69, 9.17) is 46.4 Å². The molecule has 0 aliphatic heterocycles. The van der Waals surface area contributed by atoms with Gasteiger partial charge in [0.2, 0.25) is 21.8 Å². The minimum absolute atomic E-state index is 0.0277. The van der Waals surface area contributed by atoms with Crippen molar-refractivity contribution < 1.29 is 18.0 Å². The Bertz CT molecular complexity index is 1240. The lowest BCUT2D eigenvalue weighted by Gasteiger charge is -2.32. The Morgan fingerprint density at radius 2 is 1.58 bits per heavy atom. The molecule has 7 nitrogen and oxygen atoms in total. The van der Waals surface area contributed by atoms with E-state index in [9.17, 15) is 18.0 Å². The van der Waals surface area contributed by atoms with Crippen LogP contribution < -0.4 is 9.62 Å². The summed E-state index contributed by atoms with van der Waals surface area (Å²) in [5.74, 6) is -0.928. The molecule has 196 valence electrons. The van der Waals surface area contributed by atoms with E-state index in [1.807, 2.05) is 0 Å². The number of hydrogen-bond acceptors (Lipinski definition) is 4. The van der Waals surface area contributed by atoms with Crippen LogP contribution in [-0.4, -0.2) is 50.0 Å². The SMILES string of the molecule is C[C@H](C(=O)NC1CCCC1)N(Cc1ccc(Cl)cc1Cl)C(=O)CN(c1ccc(Cl)cc1Cl)S(C)(=O)=O. The molecule has 0 aromatic heterocycles. The molecule has 0 spiro atoms. The quantitative estimate of drug-likeness (QED) is 0.413. The summed E-state index contributed by atoms with van der Waals surface area (Å²) in [5.41, 5.74) is 0.662. The maximum Gasteiger partial charge on any atom is 0.244 e. The number of carbonyl (C=O) groups excluding carboxylic acids is 2. The van der Waals surface area contributed by atoms with Crippen LogP contribution in [0.2, 0.25) is 20.1 Å². The standard InChI is InChI=1S/C24H27Cl4N3O4S/c1-15(24(33)29-19-5-3-4-6-19)30(13-16-7-8-17(25)11-20(16)27)23(32)14-31(36(2,34)35)22-10-9-18(26)12-21(22)28/h7-12,15,19H,3-6,13-14H2,1-2H3,(H,29,33)/t15-/m1/s1. The molecule has 0 radical (unpaired) electrons. The Balaban J connectivity index is 1.93. The van der Waals surface area contributed by atoms with E-state index in [-0.39, 0.29) is 29.2 Å². The smallest absolute Gasteiger partial charge is 0.244 e. The Morgan fingerprint density at radius 1 is 1.00 bits per heavy atom. The van der Waals surface area contributed by atoms with Crippen LogP contribution in [0.1, 0.15) is 38.2 Å². The normalized spacial score (nSPS) is 14.9. The topological polar surface area (TPSA) is 86.8 Å². The summed E-state index contributed by atoms with van der Waals surface area (Å²) in [6.07, 6.45) is 4.81. The average Bonchev–Trinajstić information content (AvgIpc) is 3.29. The van der Waals surface area contributed by atoms with Crippen molar-refractivity contribution in [3.63, 3.8) is 0 Å². The fourth-order valence-corrected chi connectivity index (χ4v) is 5.98. The molecule has 36 heavy (non-hydrogen) atoms. The number of anilines is 1. The van der Waals surface area contributed by atoms with Gasteiger partial charge in [-0.05, 0) is 55.7 Å². The van der Waals surface area contributed by atoms with Crippen molar-refractivity contribution >= 4 is 73.9 Å². The largest absolute Gasteiger partial charge is 0.352 e. The molecule has 1 atom stereocenters. The Labute approximate surface area is 231 Å². The summed E-state index contributed by atoms with van der Waals surface area (Å²) in [4.78, 5) is 28.0. The fraction of sp³-hybridized carbons (Fsp3) is 0.417. The van der Waals surface area contributed by atoms with Gasteiger partial charge < -0.3 is 10.2 Å². The zero-order valence-corrected chi connectivity index (χ0v) is 23.6. The molecular formula is C24H27Cl4N3O4S. The summed E-state index contributed by atoms with van der Waals surface area (Å²) in [7, 11) is -3.92. The van der Waals surface area contributed by atoms with Crippen LogP contribution in [0, 0.1) is 0 Å². The minimum atomic E-state index is -3.92. The third-order valence-corrected chi connectivity index (χ3v) is 8.33. The number of nitrogens with zero attached hydrogens (tertiary/aromatic N) is 2. The zero-order chi connectivity index (χ0) is 26.6. The summed E-state index contributed by atoms with van der Waals surface area (Å²) < 4.78 is 26.2. The van der Waals surface area contributed by atoms with Crippen LogP contribution in [-0.2, 0) is 26.2 Å². The van der Waals surface area contributed by atoms with Crippen LogP contribution in [0.25, 0.3) is 0 Å². The van der Waals surface area contributed by atoms with E-state index in [1.165, 1.54) is 23.1 Å². The number of benzene rings is 2. The van der Waals surface area contributed by atoms with Gasteiger partial charge in [0.05, 0.1) is 17.0 Å². The molecule has 1 aliphatic rings. The summed E-state index contributed by atoms with van der Waals surface area (Å²) >= 11 is 24.6. The number of halogens is 4. The van der Waals surface area contributed by atoms with Gasteiger partial charge >= 0.3 is 0 Å². The van der Waals surface area contributed by atoms with Crippen molar-refractivity contribution in [2.24, 2.45) is 0 Å². The van der Waals surface area contributed by atoms with Gasteiger partial charge in [-0.3, -0.25) is 13.9 Å². The van der Waals surface area contributed by atoms with Crippen molar-refractivity contribution in [2.75, 3.05) is 17.1 Å².